The Morgan fingerprint density at radius 2 is 1.52 bits per heavy atom. The summed E-state index contributed by atoms with van der Waals surface area (Å²) in [6.07, 6.45) is 0. The van der Waals surface area contributed by atoms with E-state index in [1.807, 2.05) is 27.7 Å². The molecule has 1 aromatic rings. The van der Waals surface area contributed by atoms with Crippen LogP contribution >= 0.6 is 0 Å². The third-order valence-corrected chi connectivity index (χ3v) is 3.70. The van der Waals surface area contributed by atoms with Crippen molar-refractivity contribution >= 4 is 22.1 Å². The van der Waals surface area contributed by atoms with Gasteiger partial charge in [-0.1, -0.05) is 27.7 Å². The predicted molar refractivity (Wildman–Crippen MR) is 87.6 cm³/mol. The Morgan fingerprint density at radius 1 is 1.04 bits per heavy atom. The van der Waals surface area contributed by atoms with Crippen LogP contribution < -0.4 is 18.9 Å². The van der Waals surface area contributed by atoms with E-state index < -0.39 is 27.0 Å². The minimum atomic E-state index is -4.71. The zero-order chi connectivity index (χ0) is 18.5. The third kappa shape index (κ3) is 7.61. The molecule has 0 unspecified atom stereocenters. The SMILES string of the molecule is CC(C)COC(=O)c1ccc(C(=O)OCC(C)C)c(S(=O)(=O)O)c1.[H-].[Li+]. The van der Waals surface area contributed by atoms with Gasteiger partial charge in [0.2, 0.25) is 0 Å². The Balaban J connectivity index is 0. The molecule has 1 aromatic carbocycles. The van der Waals surface area contributed by atoms with Gasteiger partial charge >= 0.3 is 30.8 Å². The average molecular weight is 366 g/mol. The Morgan fingerprint density at radius 3 is 1.96 bits per heavy atom. The second kappa shape index (κ2) is 9.97. The minimum Gasteiger partial charge on any atom is -1.00 e. The molecule has 0 saturated heterocycles. The molecule has 0 heterocycles. The summed E-state index contributed by atoms with van der Waals surface area (Å²) >= 11 is 0. The Kier molecular flexibility index (Phi) is 9.44. The van der Waals surface area contributed by atoms with Gasteiger partial charge in [-0.05, 0) is 30.0 Å². The number of hydrogen-bond donors (Lipinski definition) is 1. The largest absolute Gasteiger partial charge is 1.00 e. The summed E-state index contributed by atoms with van der Waals surface area (Å²) in [6, 6.07) is 3.28. The molecule has 0 radical (unpaired) electrons. The molecule has 9 heteroatoms. The minimum absolute atomic E-state index is 0. The number of benzene rings is 1. The molecule has 7 nitrogen and oxygen atoms in total. The van der Waals surface area contributed by atoms with Gasteiger partial charge in [-0.3, -0.25) is 4.55 Å². The molecule has 0 atom stereocenters. The van der Waals surface area contributed by atoms with Crippen molar-refractivity contribution < 1.29 is 52.3 Å². The molecule has 25 heavy (non-hydrogen) atoms. The summed E-state index contributed by atoms with van der Waals surface area (Å²) in [7, 11) is -4.71. The molecule has 0 aliphatic heterocycles. The first-order valence-corrected chi connectivity index (χ1v) is 8.92. The van der Waals surface area contributed by atoms with E-state index in [1.54, 1.807) is 0 Å². The molecule has 0 saturated carbocycles. The van der Waals surface area contributed by atoms with Crippen LogP contribution in [0.2, 0.25) is 0 Å². The van der Waals surface area contributed by atoms with E-state index in [1.165, 1.54) is 6.07 Å². The fourth-order valence-electron chi connectivity index (χ4n) is 1.68. The molecular weight excluding hydrogens is 343 g/mol. The van der Waals surface area contributed by atoms with Crippen LogP contribution in [0.15, 0.2) is 23.1 Å². The third-order valence-electron chi connectivity index (χ3n) is 2.81. The van der Waals surface area contributed by atoms with Gasteiger partial charge in [-0.15, -0.1) is 0 Å². The van der Waals surface area contributed by atoms with Crippen molar-refractivity contribution in [3.05, 3.63) is 29.3 Å². The van der Waals surface area contributed by atoms with Gasteiger partial charge in [0.05, 0.1) is 24.3 Å². The van der Waals surface area contributed by atoms with E-state index in [9.17, 15) is 22.6 Å². The van der Waals surface area contributed by atoms with Gasteiger partial charge in [0.15, 0.2) is 0 Å². The maximum Gasteiger partial charge on any atom is 1.00 e. The van der Waals surface area contributed by atoms with Gasteiger partial charge in [0, 0.05) is 0 Å². The first kappa shape index (κ1) is 23.7. The molecule has 0 bridgehead atoms. The monoisotopic (exact) mass is 366 g/mol. The van der Waals surface area contributed by atoms with Crippen molar-refractivity contribution in [2.75, 3.05) is 13.2 Å². The van der Waals surface area contributed by atoms with E-state index in [0.29, 0.717) is 0 Å². The summed E-state index contributed by atoms with van der Waals surface area (Å²) < 4.78 is 42.4. The summed E-state index contributed by atoms with van der Waals surface area (Å²) in [4.78, 5) is 23.2. The normalized spacial score (nSPS) is 11.2. The summed E-state index contributed by atoms with van der Waals surface area (Å²) in [5, 5.41) is 0. The van der Waals surface area contributed by atoms with Crippen LogP contribution in [0, 0.1) is 11.8 Å². The van der Waals surface area contributed by atoms with Crippen LogP contribution in [0.4, 0.5) is 0 Å². The number of esters is 2. The van der Waals surface area contributed by atoms with E-state index in [4.69, 9.17) is 9.47 Å². The van der Waals surface area contributed by atoms with Crippen LogP contribution in [0.25, 0.3) is 0 Å². The Hall–Kier alpha value is -1.33. The van der Waals surface area contributed by atoms with Crippen molar-refractivity contribution in [2.24, 2.45) is 11.8 Å². The maximum atomic E-state index is 12.0. The van der Waals surface area contributed by atoms with Crippen LogP contribution in [0.3, 0.4) is 0 Å². The molecular formula is C16H23LiO7S. The molecule has 0 aliphatic rings. The maximum absolute atomic E-state index is 12.0. The zero-order valence-electron chi connectivity index (χ0n) is 16.1. The Labute approximate surface area is 161 Å². The van der Waals surface area contributed by atoms with E-state index >= 15 is 0 Å². The topological polar surface area (TPSA) is 107 Å². The second-order valence-corrected chi connectivity index (χ2v) is 7.56. The number of hydrogen-bond acceptors (Lipinski definition) is 6. The smallest absolute Gasteiger partial charge is 1.00 e. The fourth-order valence-corrected chi connectivity index (χ4v) is 2.38. The first-order valence-electron chi connectivity index (χ1n) is 7.48. The van der Waals surface area contributed by atoms with Crippen molar-refractivity contribution in [3.8, 4) is 0 Å². The number of carbonyl (C=O) groups is 2. The van der Waals surface area contributed by atoms with Gasteiger partial charge in [0.1, 0.15) is 4.90 Å². The van der Waals surface area contributed by atoms with Gasteiger partial charge in [-0.25, -0.2) is 9.59 Å². The van der Waals surface area contributed by atoms with Crippen molar-refractivity contribution in [1.29, 1.82) is 0 Å². The van der Waals surface area contributed by atoms with Crippen LogP contribution in [0.5, 0.6) is 0 Å². The van der Waals surface area contributed by atoms with Crippen molar-refractivity contribution in [3.63, 3.8) is 0 Å². The van der Waals surface area contributed by atoms with E-state index in [0.717, 1.165) is 12.1 Å². The van der Waals surface area contributed by atoms with Crippen LogP contribution in [0.1, 0.15) is 49.8 Å². The van der Waals surface area contributed by atoms with Gasteiger partial charge in [0.25, 0.3) is 10.1 Å². The van der Waals surface area contributed by atoms with E-state index in [2.05, 4.69) is 0 Å². The second-order valence-electron chi connectivity index (χ2n) is 6.17. The summed E-state index contributed by atoms with van der Waals surface area (Å²) in [6.45, 7) is 7.62. The fraction of sp³-hybridized carbons (Fsp3) is 0.500. The average Bonchev–Trinajstić information content (AvgIpc) is 2.48. The molecule has 0 aliphatic carbocycles. The first-order chi connectivity index (χ1) is 11.0. The predicted octanol–water partition coefficient (Wildman–Crippen LogP) is -0.325. The van der Waals surface area contributed by atoms with Crippen molar-refractivity contribution in [2.45, 2.75) is 32.6 Å². The molecule has 1 rings (SSSR count). The van der Waals surface area contributed by atoms with Gasteiger partial charge < -0.3 is 10.9 Å². The van der Waals surface area contributed by atoms with Crippen LogP contribution in [-0.4, -0.2) is 38.1 Å². The number of carbonyl (C=O) groups excluding carboxylic acids is 2. The molecule has 136 valence electrons. The molecule has 1 N–H and O–H groups in total. The molecule has 0 fully saturated rings. The van der Waals surface area contributed by atoms with E-state index in [-0.39, 0.29) is 56.5 Å². The van der Waals surface area contributed by atoms with Crippen LogP contribution in [-0.2, 0) is 19.6 Å². The standard InChI is InChI=1S/C16H22O7S.Li.H/c1-10(2)8-22-15(17)12-5-6-13(14(7-12)24(19,20)21)16(18)23-9-11(3)4;;/h5-7,10-11H,8-9H2,1-4H3,(H,19,20,21);;/q;+1;-1. The summed E-state index contributed by atoms with van der Waals surface area (Å²) in [5.41, 5.74) is -0.415. The number of ether oxygens (including phenoxy) is 2. The Bertz CT molecular complexity index is 717. The molecule has 0 spiro atoms. The molecule has 0 amide bonds. The summed E-state index contributed by atoms with van der Waals surface area (Å²) in [5.74, 6) is -1.46. The van der Waals surface area contributed by atoms with Crippen molar-refractivity contribution in [1.82, 2.24) is 0 Å². The molecule has 0 aromatic heterocycles. The van der Waals surface area contributed by atoms with Gasteiger partial charge in [-0.2, -0.15) is 8.42 Å². The number of rotatable bonds is 7. The quantitative estimate of drug-likeness (QED) is 0.400. The zero-order valence-corrected chi connectivity index (χ0v) is 15.9.